The minimum Gasteiger partial charge on any atom is -0.316 e. The van der Waals surface area contributed by atoms with Crippen LogP contribution >= 0.6 is 11.6 Å². The van der Waals surface area contributed by atoms with Crippen LogP contribution in [0.1, 0.15) is 48.5 Å². The van der Waals surface area contributed by atoms with Crippen LogP contribution in [0.2, 0.25) is 5.15 Å². The third kappa shape index (κ3) is 6.93. The molecule has 0 aliphatic rings. The Labute approximate surface area is 168 Å². The molecule has 1 heterocycles. The molecule has 144 valence electrons. The standard InChI is InChI=1S/C23H30ClN3/c1-4-6-7-8-11-15-25-16-14-20-21(5-2)26-22(27-23(20)24)17-19-13-10-9-12-18(19)3/h4,6-10,12-13,25H,5,11,14-17H2,1-3H3/b6-4-,8-7-. The molecule has 2 rings (SSSR count). The number of hydrogen-bond donors (Lipinski definition) is 1. The molecule has 4 heteroatoms. The Bertz CT molecular complexity index is 781. The third-order valence-electron chi connectivity index (χ3n) is 4.51. The molecule has 0 amide bonds. The van der Waals surface area contributed by atoms with E-state index in [1.165, 1.54) is 11.1 Å². The molecule has 0 spiro atoms. The first-order chi connectivity index (χ1) is 13.2. The molecule has 27 heavy (non-hydrogen) atoms. The number of allylic oxidation sites excluding steroid dienone is 3. The van der Waals surface area contributed by atoms with Gasteiger partial charge in [0.1, 0.15) is 11.0 Å². The number of benzene rings is 1. The maximum absolute atomic E-state index is 6.52. The van der Waals surface area contributed by atoms with Crippen LogP contribution < -0.4 is 5.32 Å². The van der Waals surface area contributed by atoms with E-state index in [1.807, 2.05) is 19.1 Å². The van der Waals surface area contributed by atoms with Gasteiger partial charge in [-0.2, -0.15) is 0 Å². The van der Waals surface area contributed by atoms with Crippen molar-refractivity contribution in [1.82, 2.24) is 15.3 Å². The average molecular weight is 384 g/mol. The predicted octanol–water partition coefficient (Wildman–Crippen LogP) is 5.25. The molecular formula is C23H30ClN3. The lowest BCUT2D eigenvalue weighted by atomic mass is 10.0. The van der Waals surface area contributed by atoms with Crippen molar-refractivity contribution in [3.05, 3.63) is 81.9 Å². The zero-order valence-electron chi connectivity index (χ0n) is 16.6. The highest BCUT2D eigenvalue weighted by atomic mass is 35.5. The summed E-state index contributed by atoms with van der Waals surface area (Å²) in [6.07, 6.45) is 11.8. The summed E-state index contributed by atoms with van der Waals surface area (Å²) in [6, 6.07) is 8.35. The van der Waals surface area contributed by atoms with Gasteiger partial charge >= 0.3 is 0 Å². The van der Waals surface area contributed by atoms with Gasteiger partial charge in [-0.25, -0.2) is 9.97 Å². The van der Waals surface area contributed by atoms with Crippen LogP contribution in [-0.2, 0) is 19.3 Å². The molecule has 0 aliphatic carbocycles. The fourth-order valence-electron chi connectivity index (χ4n) is 2.96. The van der Waals surface area contributed by atoms with E-state index in [0.717, 1.165) is 55.9 Å². The first kappa shape index (κ1) is 21.3. The molecule has 2 aromatic rings. The summed E-state index contributed by atoms with van der Waals surface area (Å²) in [7, 11) is 0. The van der Waals surface area contributed by atoms with Crippen molar-refractivity contribution in [3.63, 3.8) is 0 Å². The number of halogens is 1. The molecule has 3 nitrogen and oxygen atoms in total. The van der Waals surface area contributed by atoms with Gasteiger partial charge in [0.05, 0.1) is 0 Å². The van der Waals surface area contributed by atoms with E-state index < -0.39 is 0 Å². The van der Waals surface area contributed by atoms with Crippen LogP contribution in [0.15, 0.2) is 48.6 Å². The first-order valence-corrected chi connectivity index (χ1v) is 10.1. The normalized spacial score (nSPS) is 11.7. The van der Waals surface area contributed by atoms with Gasteiger partial charge < -0.3 is 5.32 Å². The second-order valence-electron chi connectivity index (χ2n) is 6.56. The molecule has 0 unspecified atom stereocenters. The second-order valence-corrected chi connectivity index (χ2v) is 6.91. The Morgan fingerprint density at radius 2 is 1.93 bits per heavy atom. The maximum atomic E-state index is 6.52. The number of hydrogen-bond acceptors (Lipinski definition) is 3. The summed E-state index contributed by atoms with van der Waals surface area (Å²) in [6.45, 7) is 8.10. The fourth-order valence-corrected chi connectivity index (χ4v) is 3.26. The molecule has 1 aromatic carbocycles. The van der Waals surface area contributed by atoms with Crippen molar-refractivity contribution in [2.24, 2.45) is 0 Å². The van der Waals surface area contributed by atoms with Crippen molar-refractivity contribution in [2.45, 2.75) is 46.5 Å². The van der Waals surface area contributed by atoms with Crippen molar-refractivity contribution >= 4 is 11.6 Å². The van der Waals surface area contributed by atoms with E-state index >= 15 is 0 Å². The lowest BCUT2D eigenvalue weighted by molar-refractivity contribution is 0.681. The van der Waals surface area contributed by atoms with E-state index in [0.29, 0.717) is 5.15 Å². The van der Waals surface area contributed by atoms with E-state index in [1.54, 1.807) is 0 Å². The molecular weight excluding hydrogens is 354 g/mol. The SMILES string of the molecule is C/C=C\C=C/CCNCCc1c(Cl)nc(Cc2ccccc2C)nc1CC. The smallest absolute Gasteiger partial charge is 0.136 e. The Morgan fingerprint density at radius 1 is 1.11 bits per heavy atom. The lowest BCUT2D eigenvalue weighted by Gasteiger charge is -2.12. The fraction of sp³-hybridized carbons (Fsp3) is 0.391. The van der Waals surface area contributed by atoms with Gasteiger partial charge in [-0.15, -0.1) is 0 Å². The Morgan fingerprint density at radius 3 is 2.67 bits per heavy atom. The van der Waals surface area contributed by atoms with Gasteiger partial charge in [-0.3, -0.25) is 0 Å². The van der Waals surface area contributed by atoms with Crippen LogP contribution in [-0.4, -0.2) is 23.1 Å². The summed E-state index contributed by atoms with van der Waals surface area (Å²) in [5.74, 6) is 0.803. The molecule has 0 fully saturated rings. The number of rotatable bonds is 10. The monoisotopic (exact) mass is 383 g/mol. The van der Waals surface area contributed by atoms with Gasteiger partial charge in [0, 0.05) is 17.7 Å². The Kier molecular flexibility index (Phi) is 9.23. The molecule has 0 saturated heterocycles. The highest BCUT2D eigenvalue weighted by Gasteiger charge is 2.12. The van der Waals surface area contributed by atoms with Gasteiger partial charge in [0.25, 0.3) is 0 Å². The lowest BCUT2D eigenvalue weighted by Crippen LogP contribution is -2.19. The number of aryl methyl sites for hydroxylation is 2. The van der Waals surface area contributed by atoms with Crippen LogP contribution in [0.4, 0.5) is 0 Å². The molecule has 0 atom stereocenters. The zero-order valence-corrected chi connectivity index (χ0v) is 17.4. The van der Waals surface area contributed by atoms with E-state index in [2.05, 4.69) is 60.6 Å². The van der Waals surface area contributed by atoms with Crippen LogP contribution in [0.3, 0.4) is 0 Å². The molecule has 1 N–H and O–H groups in total. The number of nitrogens with zero attached hydrogens (tertiary/aromatic N) is 2. The largest absolute Gasteiger partial charge is 0.316 e. The minimum absolute atomic E-state index is 0.597. The second kappa shape index (κ2) is 11.7. The van der Waals surface area contributed by atoms with E-state index in [9.17, 15) is 0 Å². The van der Waals surface area contributed by atoms with Crippen LogP contribution in [0.5, 0.6) is 0 Å². The van der Waals surface area contributed by atoms with Crippen LogP contribution in [0.25, 0.3) is 0 Å². The molecule has 0 radical (unpaired) electrons. The first-order valence-electron chi connectivity index (χ1n) is 9.72. The third-order valence-corrected chi connectivity index (χ3v) is 4.83. The van der Waals surface area contributed by atoms with E-state index in [-0.39, 0.29) is 0 Å². The van der Waals surface area contributed by atoms with Crippen molar-refractivity contribution in [1.29, 1.82) is 0 Å². The summed E-state index contributed by atoms with van der Waals surface area (Å²) in [4.78, 5) is 9.37. The predicted molar refractivity (Wildman–Crippen MR) is 116 cm³/mol. The Balaban J connectivity index is 1.96. The maximum Gasteiger partial charge on any atom is 0.136 e. The van der Waals surface area contributed by atoms with Crippen molar-refractivity contribution < 1.29 is 0 Å². The van der Waals surface area contributed by atoms with E-state index in [4.69, 9.17) is 16.6 Å². The average Bonchev–Trinajstić information content (AvgIpc) is 2.66. The van der Waals surface area contributed by atoms with Gasteiger partial charge in [0.2, 0.25) is 0 Å². The summed E-state index contributed by atoms with van der Waals surface area (Å²) < 4.78 is 0. The molecule has 0 bridgehead atoms. The van der Waals surface area contributed by atoms with Crippen molar-refractivity contribution in [2.75, 3.05) is 13.1 Å². The van der Waals surface area contributed by atoms with Gasteiger partial charge in [-0.05, 0) is 57.3 Å². The summed E-state index contributed by atoms with van der Waals surface area (Å²) >= 11 is 6.52. The Hall–Kier alpha value is -1.97. The zero-order chi connectivity index (χ0) is 19.5. The summed E-state index contributed by atoms with van der Waals surface area (Å²) in [5.41, 5.74) is 4.64. The quantitative estimate of drug-likeness (QED) is 0.346. The molecule has 0 aliphatic heterocycles. The van der Waals surface area contributed by atoms with Crippen LogP contribution in [0, 0.1) is 6.92 Å². The minimum atomic E-state index is 0.597. The highest BCUT2D eigenvalue weighted by Crippen LogP contribution is 2.20. The van der Waals surface area contributed by atoms with Crippen molar-refractivity contribution in [3.8, 4) is 0 Å². The number of aromatic nitrogens is 2. The molecule has 1 aromatic heterocycles. The summed E-state index contributed by atoms with van der Waals surface area (Å²) in [5, 5.41) is 4.06. The van der Waals surface area contributed by atoms with Gasteiger partial charge in [0.15, 0.2) is 0 Å². The van der Waals surface area contributed by atoms with Gasteiger partial charge in [-0.1, -0.05) is 67.1 Å². The topological polar surface area (TPSA) is 37.8 Å². The number of nitrogens with one attached hydrogen (secondary N) is 1. The highest BCUT2D eigenvalue weighted by molar-refractivity contribution is 6.30. The molecule has 0 saturated carbocycles.